The zero-order valence-corrected chi connectivity index (χ0v) is 12.7. The summed E-state index contributed by atoms with van der Waals surface area (Å²) in [5.41, 5.74) is -0.977. The van der Waals surface area contributed by atoms with Crippen molar-refractivity contribution in [2.75, 3.05) is 0 Å². The van der Waals surface area contributed by atoms with Gasteiger partial charge in [0, 0.05) is 6.20 Å². The monoisotopic (exact) mass is 323 g/mol. The van der Waals surface area contributed by atoms with Gasteiger partial charge >= 0.3 is 0 Å². The largest absolute Gasteiger partial charge is 0.386 e. The fourth-order valence-corrected chi connectivity index (χ4v) is 3.44. The van der Waals surface area contributed by atoms with Crippen molar-refractivity contribution in [2.45, 2.75) is 53.5 Å². The second-order valence-corrected chi connectivity index (χ2v) is 8.06. The number of alkyl halides is 3. The quantitative estimate of drug-likeness (QED) is 0.819. The third kappa shape index (κ3) is 2.73. The number of hydrogen-bond acceptors (Lipinski definition) is 3. The van der Waals surface area contributed by atoms with E-state index < -0.39 is 14.8 Å². The Bertz CT molecular complexity index is 461. The first-order valence-electron chi connectivity index (χ1n) is 6.48. The normalized spacial score (nSPS) is 29.8. The van der Waals surface area contributed by atoms with Crippen LogP contribution in [0.5, 0.6) is 0 Å². The molecule has 0 spiro atoms. The van der Waals surface area contributed by atoms with E-state index in [0.717, 1.165) is 25.7 Å². The van der Waals surface area contributed by atoms with Crippen LogP contribution >= 0.6 is 34.8 Å². The fourth-order valence-electron chi connectivity index (χ4n) is 2.60. The van der Waals surface area contributed by atoms with E-state index in [1.807, 2.05) is 0 Å². The summed E-state index contributed by atoms with van der Waals surface area (Å²) in [5, 5.41) is 18.6. The molecule has 0 bridgehead atoms. The van der Waals surface area contributed by atoms with E-state index in [9.17, 15) is 5.11 Å². The first kappa shape index (κ1) is 13.9. The van der Waals surface area contributed by atoms with Gasteiger partial charge in [0.05, 0.1) is 17.6 Å². The number of aromatic nitrogens is 3. The van der Waals surface area contributed by atoms with E-state index in [0.29, 0.717) is 13.0 Å². The summed E-state index contributed by atoms with van der Waals surface area (Å²) in [6.07, 6.45) is 7.16. The molecule has 0 radical (unpaired) electrons. The third-order valence-electron chi connectivity index (χ3n) is 4.28. The first-order chi connectivity index (χ1) is 8.85. The first-order valence-corrected chi connectivity index (χ1v) is 7.61. The average molecular weight is 325 g/mol. The van der Waals surface area contributed by atoms with Gasteiger partial charge in [-0.25, -0.2) is 4.68 Å². The minimum absolute atomic E-state index is 0.261. The second-order valence-electron chi connectivity index (χ2n) is 5.80. The molecule has 0 aromatic carbocycles. The molecule has 2 atom stereocenters. The zero-order chi connectivity index (χ0) is 13.7. The SMILES string of the molecule is OC(CC[C@H]1CC1(Cl)Cl)(Cn1ccnn1)C1(Cl)CC1. The predicted octanol–water partition coefficient (Wildman–Crippen LogP) is 2.75. The van der Waals surface area contributed by atoms with Crippen molar-refractivity contribution in [2.24, 2.45) is 5.92 Å². The summed E-state index contributed by atoms with van der Waals surface area (Å²) in [6, 6.07) is 0. The zero-order valence-electron chi connectivity index (χ0n) is 10.4. The van der Waals surface area contributed by atoms with Gasteiger partial charge < -0.3 is 5.11 Å². The Morgan fingerprint density at radius 1 is 1.37 bits per heavy atom. The molecule has 2 aliphatic rings. The highest BCUT2D eigenvalue weighted by Gasteiger charge is 2.59. The molecule has 2 saturated carbocycles. The number of aliphatic hydroxyl groups is 1. The van der Waals surface area contributed by atoms with Crippen LogP contribution in [-0.2, 0) is 6.54 Å². The second kappa shape index (κ2) is 4.48. The molecular weight excluding hydrogens is 309 g/mol. The number of hydrogen-bond donors (Lipinski definition) is 1. The van der Waals surface area contributed by atoms with Crippen molar-refractivity contribution in [1.82, 2.24) is 15.0 Å². The topological polar surface area (TPSA) is 50.9 Å². The molecule has 4 nitrogen and oxygen atoms in total. The van der Waals surface area contributed by atoms with Crippen LogP contribution in [0.25, 0.3) is 0 Å². The van der Waals surface area contributed by atoms with Gasteiger partial charge in [0.2, 0.25) is 0 Å². The molecule has 1 heterocycles. The lowest BCUT2D eigenvalue weighted by Crippen LogP contribution is -2.45. The number of rotatable bonds is 6. The molecule has 1 unspecified atom stereocenters. The minimum Gasteiger partial charge on any atom is -0.386 e. The lowest BCUT2D eigenvalue weighted by Gasteiger charge is -2.33. The highest BCUT2D eigenvalue weighted by molar-refractivity contribution is 6.50. The highest BCUT2D eigenvalue weighted by Crippen LogP contribution is 2.58. The Kier molecular flexibility index (Phi) is 3.29. The van der Waals surface area contributed by atoms with Gasteiger partial charge in [-0.1, -0.05) is 5.21 Å². The molecule has 19 heavy (non-hydrogen) atoms. The van der Waals surface area contributed by atoms with Gasteiger partial charge in [-0.15, -0.1) is 39.9 Å². The molecular formula is C12H16Cl3N3O. The maximum Gasteiger partial charge on any atom is 0.121 e. The maximum atomic E-state index is 10.9. The third-order valence-corrected chi connectivity index (χ3v) is 5.94. The molecule has 1 aromatic rings. The Hall–Kier alpha value is -0.0300. The van der Waals surface area contributed by atoms with Crippen molar-refractivity contribution < 1.29 is 5.11 Å². The van der Waals surface area contributed by atoms with Crippen molar-refractivity contribution >= 4 is 34.8 Å². The van der Waals surface area contributed by atoms with Crippen LogP contribution in [-0.4, -0.2) is 34.9 Å². The minimum atomic E-state index is -0.977. The van der Waals surface area contributed by atoms with E-state index in [4.69, 9.17) is 34.8 Å². The maximum absolute atomic E-state index is 10.9. The molecule has 3 rings (SSSR count). The highest BCUT2D eigenvalue weighted by atomic mass is 35.5. The van der Waals surface area contributed by atoms with Crippen LogP contribution in [0.3, 0.4) is 0 Å². The Morgan fingerprint density at radius 2 is 2.05 bits per heavy atom. The molecule has 1 aromatic heterocycles. The van der Waals surface area contributed by atoms with Crippen molar-refractivity contribution in [3.63, 3.8) is 0 Å². The lowest BCUT2D eigenvalue weighted by molar-refractivity contribution is -0.00408. The van der Waals surface area contributed by atoms with Crippen LogP contribution in [0.2, 0.25) is 0 Å². The van der Waals surface area contributed by atoms with Gasteiger partial charge in [-0.05, 0) is 38.0 Å². The van der Waals surface area contributed by atoms with E-state index in [1.165, 1.54) is 0 Å². The summed E-state index contributed by atoms with van der Waals surface area (Å²) in [7, 11) is 0. The van der Waals surface area contributed by atoms with E-state index in [1.54, 1.807) is 17.1 Å². The summed E-state index contributed by atoms with van der Waals surface area (Å²) in [5.74, 6) is 0.261. The van der Waals surface area contributed by atoms with Crippen molar-refractivity contribution in [1.29, 1.82) is 0 Å². The lowest BCUT2D eigenvalue weighted by atomic mass is 9.90. The fraction of sp³-hybridized carbons (Fsp3) is 0.833. The van der Waals surface area contributed by atoms with Crippen LogP contribution in [0.1, 0.15) is 32.1 Å². The molecule has 7 heteroatoms. The molecule has 106 valence electrons. The van der Waals surface area contributed by atoms with E-state index in [2.05, 4.69) is 10.3 Å². The Balaban J connectivity index is 1.67. The molecule has 1 N–H and O–H groups in total. The van der Waals surface area contributed by atoms with Crippen LogP contribution in [0.15, 0.2) is 12.4 Å². The smallest absolute Gasteiger partial charge is 0.121 e. The van der Waals surface area contributed by atoms with Crippen LogP contribution in [0, 0.1) is 5.92 Å². The van der Waals surface area contributed by atoms with Crippen LogP contribution < -0.4 is 0 Å². The van der Waals surface area contributed by atoms with Crippen LogP contribution in [0.4, 0.5) is 0 Å². The average Bonchev–Trinajstić information content (AvgIpc) is 3.14. The predicted molar refractivity (Wildman–Crippen MR) is 74.6 cm³/mol. The van der Waals surface area contributed by atoms with E-state index >= 15 is 0 Å². The molecule has 0 amide bonds. The Labute approximate surface area is 127 Å². The molecule has 0 saturated heterocycles. The number of nitrogens with zero attached hydrogens (tertiary/aromatic N) is 3. The molecule has 2 aliphatic carbocycles. The molecule has 0 aliphatic heterocycles. The summed E-state index contributed by atoms with van der Waals surface area (Å²) >= 11 is 18.5. The summed E-state index contributed by atoms with van der Waals surface area (Å²) < 4.78 is 1.03. The van der Waals surface area contributed by atoms with Gasteiger partial charge in [0.25, 0.3) is 0 Å². The van der Waals surface area contributed by atoms with Gasteiger partial charge in [-0.2, -0.15) is 0 Å². The van der Waals surface area contributed by atoms with Crippen molar-refractivity contribution in [3.8, 4) is 0 Å². The number of halogens is 3. The van der Waals surface area contributed by atoms with E-state index in [-0.39, 0.29) is 5.92 Å². The van der Waals surface area contributed by atoms with Gasteiger partial charge in [0.15, 0.2) is 0 Å². The molecule has 2 fully saturated rings. The van der Waals surface area contributed by atoms with Gasteiger partial charge in [0.1, 0.15) is 9.93 Å². The van der Waals surface area contributed by atoms with Gasteiger partial charge in [-0.3, -0.25) is 0 Å². The standard InChI is InChI=1S/C12H16Cl3N3O/c13-10(3-4-10)11(19,8-18-6-5-16-17-18)2-1-9-7-12(9,14)15/h5-6,9,19H,1-4,7-8H2/t9-,11?/m0/s1. The Morgan fingerprint density at radius 3 is 2.53 bits per heavy atom. The summed E-state index contributed by atoms with van der Waals surface area (Å²) in [6.45, 7) is 0.362. The van der Waals surface area contributed by atoms with Crippen molar-refractivity contribution in [3.05, 3.63) is 12.4 Å². The summed E-state index contributed by atoms with van der Waals surface area (Å²) in [4.78, 5) is -0.533.